The number of piperazine rings is 1. The molecule has 5 aliphatic rings. The molecule has 4 saturated heterocycles. The second-order valence-corrected chi connectivity index (χ2v) is 14.6. The molecule has 3 N–H and O–H groups in total. The molecule has 0 amide bonds. The normalized spacial score (nSPS) is 32.0. The van der Waals surface area contributed by atoms with Crippen LogP contribution in [0.1, 0.15) is 73.2 Å². The van der Waals surface area contributed by atoms with Crippen molar-refractivity contribution >= 4 is 16.3 Å². The third-order valence-electron chi connectivity index (χ3n) is 10.6. The van der Waals surface area contributed by atoms with Crippen molar-refractivity contribution in [2.45, 2.75) is 94.2 Å². The van der Waals surface area contributed by atoms with Crippen molar-refractivity contribution in [1.29, 1.82) is 5.26 Å². The first kappa shape index (κ1) is 31.3. The van der Waals surface area contributed by atoms with E-state index < -0.39 is 17.8 Å². The highest BCUT2D eigenvalue weighted by molar-refractivity contribution is 7.16. The van der Waals surface area contributed by atoms with Gasteiger partial charge in [0.2, 0.25) is 17.5 Å². The number of ether oxygens (including phenoxy) is 1. The van der Waals surface area contributed by atoms with Gasteiger partial charge in [0.1, 0.15) is 35.8 Å². The Morgan fingerprint density at radius 2 is 2.02 bits per heavy atom. The number of anilines is 1. The molecule has 7 heterocycles. The number of hydrogen-bond acceptors (Lipinski definition) is 13. The summed E-state index contributed by atoms with van der Waals surface area (Å²) in [6.45, 7) is 7.22. The summed E-state index contributed by atoms with van der Waals surface area (Å²) in [7, 11) is 2.02. The fraction of sp³-hybridized carbons (Fsp3) is 0.677. The third-order valence-corrected chi connectivity index (χ3v) is 11.6. The quantitative estimate of drug-likeness (QED) is 0.415. The number of nitrogens with two attached hydrogens (primary N) is 1. The van der Waals surface area contributed by atoms with E-state index >= 15 is 0 Å². The Balaban J connectivity index is 0.000000286. The van der Waals surface area contributed by atoms with Gasteiger partial charge in [-0.3, -0.25) is 9.80 Å². The molecule has 46 heavy (non-hydrogen) atoms. The molecule has 1 aliphatic carbocycles. The highest BCUT2D eigenvalue weighted by atomic mass is 32.1. The summed E-state index contributed by atoms with van der Waals surface area (Å²) in [5, 5.41) is 17.6. The number of nitrogen functional groups attached to an aromatic ring is 1. The summed E-state index contributed by atoms with van der Waals surface area (Å²) >= 11 is 1.46. The predicted octanol–water partition coefficient (Wildman–Crippen LogP) is 3.34. The lowest BCUT2D eigenvalue weighted by Gasteiger charge is -2.31. The van der Waals surface area contributed by atoms with Gasteiger partial charge in [-0.1, -0.05) is 5.16 Å². The zero-order chi connectivity index (χ0) is 32.2. The van der Waals surface area contributed by atoms with Gasteiger partial charge in [0.15, 0.2) is 0 Å². The third kappa shape index (κ3) is 5.42. The number of nitrogens with zero attached hydrogens (tertiary/aromatic N) is 8. The lowest BCUT2D eigenvalue weighted by atomic mass is 9.72. The summed E-state index contributed by atoms with van der Waals surface area (Å²) in [5.74, 6) is 1.32. The molecule has 8 rings (SSSR count). The van der Waals surface area contributed by atoms with E-state index in [0.717, 1.165) is 68.6 Å². The first-order chi connectivity index (χ1) is 22.1. The molecule has 6 atom stereocenters. The van der Waals surface area contributed by atoms with Crippen molar-refractivity contribution in [3.05, 3.63) is 27.7 Å². The maximum atomic E-state index is 14.1. The van der Waals surface area contributed by atoms with Crippen molar-refractivity contribution in [3.8, 4) is 23.7 Å². The summed E-state index contributed by atoms with van der Waals surface area (Å²) in [5.41, 5.74) is 6.59. The Kier molecular flexibility index (Phi) is 8.19. The van der Waals surface area contributed by atoms with Crippen LogP contribution in [0.3, 0.4) is 0 Å². The highest BCUT2D eigenvalue weighted by Gasteiger charge is 2.49. The van der Waals surface area contributed by atoms with E-state index in [4.69, 9.17) is 15.0 Å². The Morgan fingerprint density at radius 3 is 2.80 bits per heavy atom. The molecule has 4 fully saturated rings. The van der Waals surface area contributed by atoms with Crippen LogP contribution in [0, 0.1) is 18.3 Å². The summed E-state index contributed by atoms with van der Waals surface area (Å²) in [4.78, 5) is 23.3. The maximum absolute atomic E-state index is 14.1. The standard InChI is InChI=1S/C24H27FN8O2S.C7H13FN2/c1-13-28-19(31-22(29-13)34-12-24-7-4-8-33(24)11-14(25)9-24)20-30-21(35-32-20)23(2)6-3-5-16-17(23)15(10-26)18(27)36-16;1-10-5-2-6(8)7(10)4-9-3-5/h14H,3-9,11-12,27H2,1-2H3;5-7,9H,2-4H2,1H3/t14-,23+,24?;5?,6-,7+/m10/s1. The van der Waals surface area contributed by atoms with E-state index in [-0.39, 0.29) is 29.2 Å². The summed E-state index contributed by atoms with van der Waals surface area (Å²) < 4.78 is 38.9. The number of hydrogen-bond donors (Lipinski definition) is 2. The lowest BCUT2D eigenvalue weighted by Crippen LogP contribution is -2.50. The molecule has 0 saturated carbocycles. The number of alkyl halides is 2. The van der Waals surface area contributed by atoms with Crippen LogP contribution in [-0.4, -0.2) is 105 Å². The summed E-state index contributed by atoms with van der Waals surface area (Å²) in [6, 6.07) is 3.02. The Bertz CT molecular complexity index is 1650. The zero-order valence-corrected chi connectivity index (χ0v) is 27.2. The van der Waals surface area contributed by atoms with Crippen LogP contribution in [0.5, 0.6) is 6.01 Å². The maximum Gasteiger partial charge on any atom is 0.320 e. The highest BCUT2D eigenvalue weighted by Crippen LogP contribution is 2.48. The Labute approximate surface area is 270 Å². The molecule has 15 heteroatoms. The predicted molar refractivity (Wildman–Crippen MR) is 167 cm³/mol. The van der Waals surface area contributed by atoms with Crippen molar-refractivity contribution in [3.63, 3.8) is 0 Å². The van der Waals surface area contributed by atoms with Crippen LogP contribution < -0.4 is 15.8 Å². The van der Waals surface area contributed by atoms with E-state index in [0.29, 0.717) is 47.9 Å². The fourth-order valence-corrected chi connectivity index (χ4v) is 9.31. The monoisotopic (exact) mass is 654 g/mol. The number of nitrogens with one attached hydrogen (secondary N) is 1. The van der Waals surface area contributed by atoms with Gasteiger partial charge in [-0.05, 0) is 66.0 Å². The summed E-state index contributed by atoms with van der Waals surface area (Å²) in [6.07, 6.45) is 4.26. The number of halogens is 2. The minimum atomic E-state index is -0.830. The number of aryl methyl sites for hydroxylation is 2. The molecule has 246 valence electrons. The molecule has 0 aromatic carbocycles. The number of rotatable bonds is 5. The van der Waals surface area contributed by atoms with Crippen LogP contribution in [0.4, 0.5) is 13.8 Å². The molecule has 0 spiro atoms. The van der Waals surface area contributed by atoms with Crippen LogP contribution in [0.2, 0.25) is 0 Å². The second-order valence-electron chi connectivity index (χ2n) is 13.5. The number of thiophene rings is 1. The number of likely N-dealkylation sites (N-methyl/N-ethyl adjacent to an activating group) is 1. The zero-order valence-electron chi connectivity index (χ0n) is 26.4. The van der Waals surface area contributed by atoms with Gasteiger partial charge in [-0.15, -0.1) is 11.3 Å². The van der Waals surface area contributed by atoms with Gasteiger partial charge in [0.25, 0.3) is 0 Å². The molecular formula is C31H40F2N10O2S. The van der Waals surface area contributed by atoms with E-state index in [1.54, 1.807) is 6.92 Å². The smallest absolute Gasteiger partial charge is 0.320 e. The Morgan fingerprint density at radius 1 is 1.17 bits per heavy atom. The van der Waals surface area contributed by atoms with E-state index in [9.17, 15) is 14.0 Å². The average Bonchev–Trinajstić information content (AvgIpc) is 3.81. The molecule has 3 aromatic rings. The van der Waals surface area contributed by atoms with Crippen LogP contribution >= 0.6 is 11.3 Å². The van der Waals surface area contributed by atoms with E-state index in [1.807, 2.05) is 14.0 Å². The second kappa shape index (κ2) is 12.0. The van der Waals surface area contributed by atoms with E-state index in [2.05, 4.69) is 46.3 Å². The first-order valence-corrected chi connectivity index (χ1v) is 16.9. The minimum Gasteiger partial charge on any atom is -0.461 e. The molecule has 0 radical (unpaired) electrons. The van der Waals surface area contributed by atoms with Crippen LogP contribution in [0.25, 0.3) is 11.6 Å². The molecular weight excluding hydrogens is 614 g/mol. The number of fused-ring (bicyclic) bond motifs is 4. The van der Waals surface area contributed by atoms with Gasteiger partial charge < -0.3 is 20.3 Å². The number of aromatic nitrogens is 5. The molecule has 2 bridgehead atoms. The van der Waals surface area contributed by atoms with Crippen molar-refractivity contribution in [2.75, 3.05) is 45.6 Å². The number of nitriles is 1. The van der Waals surface area contributed by atoms with Gasteiger partial charge >= 0.3 is 6.01 Å². The van der Waals surface area contributed by atoms with Gasteiger partial charge in [-0.25, -0.2) is 13.8 Å². The van der Waals surface area contributed by atoms with Crippen molar-refractivity contribution < 1.29 is 18.0 Å². The largest absolute Gasteiger partial charge is 0.461 e. The average molecular weight is 655 g/mol. The molecule has 2 unspecified atom stereocenters. The van der Waals surface area contributed by atoms with Crippen LogP contribution in [-0.2, 0) is 11.8 Å². The topological polar surface area (TPSA) is 155 Å². The van der Waals surface area contributed by atoms with Gasteiger partial charge in [0.05, 0.1) is 22.6 Å². The van der Waals surface area contributed by atoms with Gasteiger partial charge in [0, 0.05) is 42.5 Å². The fourth-order valence-electron chi connectivity index (χ4n) is 8.12. The lowest BCUT2D eigenvalue weighted by molar-refractivity contribution is 0.107. The minimum absolute atomic E-state index is 0.152. The van der Waals surface area contributed by atoms with E-state index in [1.165, 1.54) is 11.3 Å². The van der Waals surface area contributed by atoms with Gasteiger partial charge in [-0.2, -0.15) is 20.2 Å². The van der Waals surface area contributed by atoms with Crippen LogP contribution in [0.15, 0.2) is 4.52 Å². The molecule has 3 aromatic heterocycles. The molecule has 4 aliphatic heterocycles. The van der Waals surface area contributed by atoms with Crippen molar-refractivity contribution in [2.24, 2.45) is 0 Å². The SMILES string of the molecule is CN1C2CNC[C@@H]1[C@@H](F)C2.Cc1nc(OCC23CCCN2C[C@H](F)C3)nc(-c2noc([C@@]3(C)CCCc4sc(N)c(C#N)c43)n2)n1. The first-order valence-electron chi connectivity index (χ1n) is 16.1. The van der Waals surface area contributed by atoms with Crippen molar-refractivity contribution in [1.82, 2.24) is 40.2 Å². The Hall–Kier alpha value is -3.32. The molecule has 12 nitrogen and oxygen atoms in total.